The van der Waals surface area contributed by atoms with Gasteiger partial charge in [0, 0.05) is 61.8 Å². The molecule has 0 bridgehead atoms. The van der Waals surface area contributed by atoms with Crippen LogP contribution in [0.2, 0.25) is 0 Å². The molecule has 0 saturated carbocycles. The molecule has 0 atom stereocenters. The summed E-state index contributed by atoms with van der Waals surface area (Å²) in [5.41, 5.74) is 2.13. The first-order chi connectivity index (χ1) is 19.8. The molecular weight excluding hydrogens is 552 g/mol. The smallest absolute Gasteiger partial charge is 0.367 e. The second-order valence-electron chi connectivity index (χ2n) is 10.7. The second-order valence-corrected chi connectivity index (χ2v) is 10.7. The lowest BCUT2D eigenvalue weighted by molar-refractivity contribution is -0.139. The number of amides is 1. The standard InChI is InChI=1S/C29H32F4N8O/c1-17(2)39-8-10-40(11-9-39)26-14-21(13-23(27(26)30)29(31,32)33)35-28(42)20-7-6-18(3)25(12-20)41-16-24(36-37-41)22-15-34-38(5)19(22)4/h6-7,12-17H,8-11H2,1-5H3,(H,35,42). The summed E-state index contributed by atoms with van der Waals surface area (Å²) >= 11 is 0. The number of nitrogens with zero attached hydrogens (tertiary/aromatic N) is 7. The quantitative estimate of drug-likeness (QED) is 0.313. The number of aryl methyl sites for hydroxylation is 2. The third-order valence-corrected chi connectivity index (χ3v) is 7.72. The number of piperazine rings is 1. The molecule has 9 nitrogen and oxygen atoms in total. The molecule has 2 aromatic carbocycles. The van der Waals surface area contributed by atoms with Crippen molar-refractivity contribution in [2.24, 2.45) is 7.05 Å². The minimum Gasteiger partial charge on any atom is -0.367 e. The number of nitrogens with one attached hydrogen (secondary N) is 1. The van der Waals surface area contributed by atoms with Gasteiger partial charge < -0.3 is 10.2 Å². The van der Waals surface area contributed by atoms with Gasteiger partial charge in [-0.3, -0.25) is 14.4 Å². The van der Waals surface area contributed by atoms with E-state index in [9.17, 15) is 18.0 Å². The van der Waals surface area contributed by atoms with Crippen molar-refractivity contribution in [3.05, 3.63) is 70.9 Å². The van der Waals surface area contributed by atoms with Gasteiger partial charge in [-0.15, -0.1) is 5.10 Å². The summed E-state index contributed by atoms with van der Waals surface area (Å²) in [7, 11) is 1.82. The number of aromatic nitrogens is 5. The lowest BCUT2D eigenvalue weighted by Gasteiger charge is -2.38. The summed E-state index contributed by atoms with van der Waals surface area (Å²) in [6.45, 7) is 9.73. The maximum atomic E-state index is 15.2. The molecule has 42 heavy (non-hydrogen) atoms. The summed E-state index contributed by atoms with van der Waals surface area (Å²) in [5, 5.41) is 15.2. The molecule has 0 aliphatic carbocycles. The number of benzene rings is 2. The number of alkyl halides is 3. The van der Waals surface area contributed by atoms with Crippen molar-refractivity contribution in [2.75, 3.05) is 36.4 Å². The number of hydrogen-bond acceptors (Lipinski definition) is 6. The first-order valence-corrected chi connectivity index (χ1v) is 13.6. The van der Waals surface area contributed by atoms with Crippen LogP contribution in [0.15, 0.2) is 42.7 Å². The third kappa shape index (κ3) is 5.73. The Balaban J connectivity index is 1.43. The van der Waals surface area contributed by atoms with Crippen LogP contribution in [0.1, 0.15) is 41.0 Å². The van der Waals surface area contributed by atoms with Crippen LogP contribution >= 0.6 is 0 Å². The molecule has 1 fully saturated rings. The number of anilines is 2. The maximum Gasteiger partial charge on any atom is 0.419 e. The van der Waals surface area contributed by atoms with Crippen molar-refractivity contribution in [2.45, 2.75) is 39.9 Å². The summed E-state index contributed by atoms with van der Waals surface area (Å²) < 4.78 is 59.9. The number of rotatable bonds is 6. The second kappa shape index (κ2) is 11.2. The van der Waals surface area contributed by atoms with Crippen LogP contribution in [0, 0.1) is 19.7 Å². The van der Waals surface area contributed by atoms with Gasteiger partial charge >= 0.3 is 6.18 Å². The summed E-state index contributed by atoms with van der Waals surface area (Å²) in [6, 6.07) is 7.04. The van der Waals surface area contributed by atoms with Crippen LogP contribution in [-0.4, -0.2) is 67.8 Å². The van der Waals surface area contributed by atoms with Crippen LogP contribution < -0.4 is 10.2 Å². The number of carbonyl (C=O) groups is 1. The van der Waals surface area contributed by atoms with Gasteiger partial charge in [0.25, 0.3) is 5.91 Å². The molecule has 1 aliphatic heterocycles. The highest BCUT2D eigenvalue weighted by Gasteiger charge is 2.37. The number of carbonyl (C=O) groups excluding carboxylic acids is 1. The van der Waals surface area contributed by atoms with Crippen LogP contribution in [0.3, 0.4) is 0 Å². The highest BCUT2D eigenvalue weighted by Crippen LogP contribution is 2.38. The van der Waals surface area contributed by atoms with Gasteiger partial charge in [0.05, 0.1) is 29.3 Å². The lowest BCUT2D eigenvalue weighted by atomic mass is 10.1. The average molecular weight is 585 g/mol. The van der Waals surface area contributed by atoms with E-state index < -0.39 is 23.5 Å². The molecule has 3 heterocycles. The average Bonchev–Trinajstić information content (AvgIpc) is 3.55. The first kappa shape index (κ1) is 29.2. The van der Waals surface area contributed by atoms with Gasteiger partial charge in [0.15, 0.2) is 5.82 Å². The lowest BCUT2D eigenvalue weighted by Crippen LogP contribution is -2.49. The van der Waals surface area contributed by atoms with Gasteiger partial charge in [0.1, 0.15) is 5.69 Å². The van der Waals surface area contributed by atoms with Crippen molar-refractivity contribution < 1.29 is 22.4 Å². The number of hydrogen-bond donors (Lipinski definition) is 1. The summed E-state index contributed by atoms with van der Waals surface area (Å²) in [5.74, 6) is -1.99. The van der Waals surface area contributed by atoms with Crippen molar-refractivity contribution >= 4 is 17.3 Å². The van der Waals surface area contributed by atoms with E-state index in [1.807, 2.05) is 34.7 Å². The Labute approximate surface area is 240 Å². The van der Waals surface area contributed by atoms with Crippen molar-refractivity contribution in [3.63, 3.8) is 0 Å². The SMILES string of the molecule is Cc1ccc(C(=O)Nc2cc(N3CCN(C(C)C)CC3)c(F)c(C(F)(F)F)c2)cc1-n1cc(-c2cnn(C)c2C)nn1. The monoisotopic (exact) mass is 584 g/mol. The Hall–Kier alpha value is -4.26. The molecule has 1 N–H and O–H groups in total. The van der Waals surface area contributed by atoms with E-state index in [1.165, 1.54) is 10.7 Å². The van der Waals surface area contributed by atoms with E-state index in [1.54, 1.807) is 40.2 Å². The largest absolute Gasteiger partial charge is 0.419 e. The molecule has 2 aromatic heterocycles. The predicted molar refractivity (Wildman–Crippen MR) is 151 cm³/mol. The molecule has 0 radical (unpaired) electrons. The summed E-state index contributed by atoms with van der Waals surface area (Å²) in [4.78, 5) is 17.0. The molecule has 5 rings (SSSR count). The summed E-state index contributed by atoms with van der Waals surface area (Å²) in [6.07, 6.45) is -1.53. The number of halogens is 4. The molecule has 0 unspecified atom stereocenters. The van der Waals surface area contributed by atoms with Gasteiger partial charge in [-0.1, -0.05) is 11.3 Å². The minimum absolute atomic E-state index is 0.146. The molecule has 1 amide bonds. The van der Waals surface area contributed by atoms with Crippen molar-refractivity contribution in [1.29, 1.82) is 0 Å². The Kier molecular flexibility index (Phi) is 7.80. The fraction of sp³-hybridized carbons (Fsp3) is 0.379. The van der Waals surface area contributed by atoms with E-state index >= 15 is 4.39 Å². The van der Waals surface area contributed by atoms with E-state index in [2.05, 4.69) is 25.6 Å². The van der Waals surface area contributed by atoms with Crippen LogP contribution in [-0.2, 0) is 13.2 Å². The third-order valence-electron chi connectivity index (χ3n) is 7.72. The van der Waals surface area contributed by atoms with Crippen LogP contribution in [0.25, 0.3) is 16.9 Å². The highest BCUT2D eigenvalue weighted by molar-refractivity contribution is 6.05. The van der Waals surface area contributed by atoms with Gasteiger partial charge in [-0.05, 0) is 57.5 Å². The Morgan fingerprint density at radius 3 is 2.36 bits per heavy atom. The molecule has 4 aromatic rings. The molecule has 13 heteroatoms. The fourth-order valence-corrected chi connectivity index (χ4v) is 5.05. The van der Waals surface area contributed by atoms with Gasteiger partial charge in [-0.25, -0.2) is 9.07 Å². The Bertz CT molecular complexity index is 1620. The molecule has 1 saturated heterocycles. The van der Waals surface area contributed by atoms with E-state index in [-0.39, 0.29) is 23.0 Å². The van der Waals surface area contributed by atoms with Crippen LogP contribution in [0.5, 0.6) is 0 Å². The Morgan fingerprint density at radius 2 is 1.74 bits per heavy atom. The van der Waals surface area contributed by atoms with Gasteiger partial charge in [-0.2, -0.15) is 18.3 Å². The van der Waals surface area contributed by atoms with E-state index in [4.69, 9.17) is 0 Å². The zero-order chi connectivity index (χ0) is 30.3. The molecule has 222 valence electrons. The van der Waals surface area contributed by atoms with Crippen LogP contribution in [0.4, 0.5) is 28.9 Å². The fourth-order valence-electron chi connectivity index (χ4n) is 5.05. The zero-order valence-corrected chi connectivity index (χ0v) is 24.0. The van der Waals surface area contributed by atoms with E-state index in [0.717, 1.165) is 16.8 Å². The molecule has 1 aliphatic rings. The maximum absolute atomic E-state index is 15.2. The topological polar surface area (TPSA) is 84.1 Å². The van der Waals surface area contributed by atoms with Crippen molar-refractivity contribution in [1.82, 2.24) is 29.7 Å². The normalized spacial score (nSPS) is 14.6. The van der Waals surface area contributed by atoms with Crippen molar-refractivity contribution in [3.8, 4) is 16.9 Å². The van der Waals surface area contributed by atoms with Gasteiger partial charge in [0.2, 0.25) is 0 Å². The molecular formula is C29H32F4N8O. The van der Waals surface area contributed by atoms with E-state index in [0.29, 0.717) is 43.6 Å². The predicted octanol–water partition coefficient (Wildman–Crippen LogP) is 5.23. The highest BCUT2D eigenvalue weighted by atomic mass is 19.4. The Morgan fingerprint density at radius 1 is 1.02 bits per heavy atom. The zero-order valence-electron chi connectivity index (χ0n) is 24.0. The molecule has 0 spiro atoms. The first-order valence-electron chi connectivity index (χ1n) is 13.6. The minimum atomic E-state index is -4.94.